The number of rotatable bonds is 4. The minimum absolute atomic E-state index is 0.128. The van der Waals surface area contributed by atoms with Crippen molar-refractivity contribution in [2.24, 2.45) is 0 Å². The molecule has 5 nitrogen and oxygen atoms in total. The van der Waals surface area contributed by atoms with E-state index in [0.29, 0.717) is 30.2 Å². The molecule has 2 N–H and O–H groups in total. The average molecular weight is 316 g/mol. The largest absolute Gasteiger partial charge is 0.486 e. The second-order valence-electron chi connectivity index (χ2n) is 5.15. The number of fused-ring (bicyclic) bond motifs is 1. The molecular formula is C17H17FN2O3. The molecular weight excluding hydrogens is 299 g/mol. The first-order chi connectivity index (χ1) is 11.2. The van der Waals surface area contributed by atoms with Crippen LogP contribution in [0.1, 0.15) is 5.56 Å². The van der Waals surface area contributed by atoms with Gasteiger partial charge in [-0.25, -0.2) is 9.18 Å². The van der Waals surface area contributed by atoms with Crippen LogP contribution in [-0.2, 0) is 6.54 Å². The molecule has 1 atom stereocenters. The van der Waals surface area contributed by atoms with Gasteiger partial charge < -0.3 is 20.1 Å². The fourth-order valence-corrected chi connectivity index (χ4v) is 2.25. The number of nitrogens with one attached hydrogen (secondary N) is 2. The molecule has 0 unspecified atom stereocenters. The van der Waals surface area contributed by atoms with Gasteiger partial charge in [0, 0.05) is 12.1 Å². The number of benzene rings is 2. The first-order valence-electron chi connectivity index (χ1n) is 7.36. The van der Waals surface area contributed by atoms with Gasteiger partial charge in [0.2, 0.25) is 0 Å². The van der Waals surface area contributed by atoms with Crippen LogP contribution in [0, 0.1) is 5.82 Å². The highest BCUT2D eigenvalue weighted by Gasteiger charge is 2.20. The van der Waals surface area contributed by atoms with Crippen LogP contribution in [-0.4, -0.2) is 25.3 Å². The Morgan fingerprint density at radius 2 is 1.83 bits per heavy atom. The van der Waals surface area contributed by atoms with Gasteiger partial charge >= 0.3 is 6.03 Å². The zero-order valence-electron chi connectivity index (χ0n) is 12.4. The van der Waals surface area contributed by atoms with Crippen molar-refractivity contribution in [1.82, 2.24) is 10.6 Å². The van der Waals surface area contributed by atoms with Crippen molar-refractivity contribution >= 4 is 6.03 Å². The Kier molecular flexibility index (Phi) is 4.61. The van der Waals surface area contributed by atoms with Gasteiger partial charge in [-0.2, -0.15) is 0 Å². The van der Waals surface area contributed by atoms with Crippen LogP contribution in [0.2, 0.25) is 0 Å². The molecule has 3 rings (SSSR count). The van der Waals surface area contributed by atoms with Crippen LogP contribution in [0.4, 0.5) is 9.18 Å². The third-order valence-electron chi connectivity index (χ3n) is 3.46. The summed E-state index contributed by atoms with van der Waals surface area (Å²) >= 11 is 0. The van der Waals surface area contributed by atoms with Crippen molar-refractivity contribution in [2.75, 3.05) is 13.2 Å². The standard InChI is InChI=1S/C17H17FN2O3/c18-14-6-2-1-5-12(14)9-19-17(21)20-10-13-11-22-15-7-3-4-8-16(15)23-13/h1-8,13H,9-11H2,(H2,19,20,21)/t13-/m1/s1. The van der Waals surface area contributed by atoms with Crippen molar-refractivity contribution in [2.45, 2.75) is 12.6 Å². The molecule has 120 valence electrons. The predicted octanol–water partition coefficient (Wildman–Crippen LogP) is 2.46. The summed E-state index contributed by atoms with van der Waals surface area (Å²) in [7, 11) is 0. The Balaban J connectivity index is 1.44. The van der Waals surface area contributed by atoms with E-state index in [1.807, 2.05) is 24.3 Å². The molecule has 1 aliphatic heterocycles. The van der Waals surface area contributed by atoms with E-state index in [0.717, 1.165) is 0 Å². The number of hydrogen-bond donors (Lipinski definition) is 2. The third kappa shape index (κ3) is 3.91. The minimum Gasteiger partial charge on any atom is -0.486 e. The first kappa shape index (κ1) is 15.1. The van der Waals surface area contributed by atoms with Crippen LogP contribution < -0.4 is 20.1 Å². The summed E-state index contributed by atoms with van der Waals surface area (Å²) < 4.78 is 24.8. The molecule has 2 aromatic rings. The summed E-state index contributed by atoms with van der Waals surface area (Å²) in [6.07, 6.45) is -0.260. The summed E-state index contributed by atoms with van der Waals surface area (Å²) in [5.74, 6) is 1.03. The van der Waals surface area contributed by atoms with Crippen LogP contribution in [0.5, 0.6) is 11.5 Å². The van der Waals surface area contributed by atoms with Crippen LogP contribution in [0.15, 0.2) is 48.5 Å². The molecule has 23 heavy (non-hydrogen) atoms. The highest BCUT2D eigenvalue weighted by atomic mass is 19.1. The second-order valence-corrected chi connectivity index (χ2v) is 5.15. The van der Waals surface area contributed by atoms with E-state index in [9.17, 15) is 9.18 Å². The molecule has 2 aromatic carbocycles. The molecule has 6 heteroatoms. The number of ether oxygens (including phenoxy) is 2. The quantitative estimate of drug-likeness (QED) is 0.911. The summed E-state index contributed by atoms with van der Waals surface area (Å²) in [5.41, 5.74) is 0.439. The predicted molar refractivity (Wildman–Crippen MR) is 83.0 cm³/mol. The fraction of sp³-hybridized carbons (Fsp3) is 0.235. The van der Waals surface area contributed by atoms with Crippen molar-refractivity contribution < 1.29 is 18.7 Å². The monoisotopic (exact) mass is 316 g/mol. The number of amides is 2. The Morgan fingerprint density at radius 1 is 1.09 bits per heavy atom. The van der Waals surface area contributed by atoms with Gasteiger partial charge in [0.05, 0.1) is 6.54 Å². The number of halogens is 1. The smallest absolute Gasteiger partial charge is 0.315 e. The Labute approximate surface area is 133 Å². The van der Waals surface area contributed by atoms with E-state index < -0.39 is 0 Å². The summed E-state index contributed by atoms with van der Waals surface area (Å²) in [5, 5.41) is 5.31. The van der Waals surface area contributed by atoms with E-state index in [2.05, 4.69) is 10.6 Å². The molecule has 1 heterocycles. The lowest BCUT2D eigenvalue weighted by Gasteiger charge is -2.26. The molecule has 0 spiro atoms. The molecule has 0 saturated heterocycles. The van der Waals surface area contributed by atoms with E-state index in [1.54, 1.807) is 18.2 Å². The SMILES string of the molecule is O=C(NCc1ccccc1F)NC[C@@H]1COc2ccccc2O1. The number of para-hydroxylation sites is 2. The Bertz CT molecular complexity index is 693. The molecule has 0 bridgehead atoms. The van der Waals surface area contributed by atoms with Gasteiger partial charge in [0.1, 0.15) is 12.4 Å². The lowest BCUT2D eigenvalue weighted by atomic mass is 10.2. The summed E-state index contributed by atoms with van der Waals surface area (Å²) in [4.78, 5) is 11.8. The maximum Gasteiger partial charge on any atom is 0.315 e. The Hall–Kier alpha value is -2.76. The summed E-state index contributed by atoms with van der Waals surface area (Å²) in [6, 6.07) is 13.3. The normalized spacial score (nSPS) is 15.8. The van der Waals surface area contributed by atoms with E-state index in [4.69, 9.17) is 9.47 Å². The molecule has 0 aromatic heterocycles. The van der Waals surface area contributed by atoms with Crippen molar-refractivity contribution in [3.63, 3.8) is 0 Å². The number of carbonyl (C=O) groups excluding carboxylic acids is 1. The maximum absolute atomic E-state index is 13.4. The van der Waals surface area contributed by atoms with Gasteiger partial charge in [-0.05, 0) is 18.2 Å². The second kappa shape index (κ2) is 7.00. The zero-order valence-corrected chi connectivity index (χ0v) is 12.4. The van der Waals surface area contributed by atoms with Gasteiger partial charge in [-0.15, -0.1) is 0 Å². The van der Waals surface area contributed by atoms with Crippen molar-refractivity contribution in [3.8, 4) is 11.5 Å². The van der Waals surface area contributed by atoms with Gasteiger partial charge in [0.25, 0.3) is 0 Å². The lowest BCUT2D eigenvalue weighted by molar-refractivity contribution is 0.0918. The van der Waals surface area contributed by atoms with Gasteiger partial charge in [-0.3, -0.25) is 0 Å². The van der Waals surface area contributed by atoms with Crippen molar-refractivity contribution in [1.29, 1.82) is 0 Å². The van der Waals surface area contributed by atoms with E-state index >= 15 is 0 Å². The van der Waals surface area contributed by atoms with Crippen molar-refractivity contribution in [3.05, 3.63) is 59.9 Å². The average Bonchev–Trinajstić information content (AvgIpc) is 2.59. The Morgan fingerprint density at radius 3 is 2.65 bits per heavy atom. The topological polar surface area (TPSA) is 59.6 Å². The fourth-order valence-electron chi connectivity index (χ4n) is 2.25. The van der Waals surface area contributed by atoms with Gasteiger partial charge in [-0.1, -0.05) is 30.3 Å². The van der Waals surface area contributed by atoms with Crippen LogP contribution in [0.3, 0.4) is 0 Å². The highest BCUT2D eigenvalue weighted by molar-refractivity contribution is 5.73. The number of hydrogen-bond acceptors (Lipinski definition) is 3. The molecule has 0 saturated carbocycles. The minimum atomic E-state index is -0.379. The van der Waals surface area contributed by atoms with Crippen LogP contribution in [0.25, 0.3) is 0 Å². The van der Waals surface area contributed by atoms with Crippen LogP contribution >= 0.6 is 0 Å². The molecule has 0 radical (unpaired) electrons. The molecule has 2 amide bonds. The van der Waals surface area contributed by atoms with E-state index in [1.165, 1.54) is 6.07 Å². The molecule has 0 aliphatic carbocycles. The van der Waals surface area contributed by atoms with E-state index in [-0.39, 0.29) is 24.5 Å². The third-order valence-corrected chi connectivity index (χ3v) is 3.46. The maximum atomic E-state index is 13.4. The van der Waals surface area contributed by atoms with Gasteiger partial charge in [0.15, 0.2) is 17.6 Å². The zero-order chi connectivity index (χ0) is 16.1. The first-order valence-corrected chi connectivity index (χ1v) is 7.36. The number of urea groups is 1. The number of carbonyl (C=O) groups is 1. The molecule has 0 fully saturated rings. The lowest BCUT2D eigenvalue weighted by Crippen LogP contribution is -2.44. The molecule has 1 aliphatic rings. The summed E-state index contributed by atoms with van der Waals surface area (Å²) in [6.45, 7) is 0.797. The highest BCUT2D eigenvalue weighted by Crippen LogP contribution is 2.30.